The van der Waals surface area contributed by atoms with Gasteiger partial charge in [0.05, 0.1) is 15.2 Å². The smallest absolute Gasteiger partial charge is 0.223 e. The topological polar surface area (TPSA) is 36.4 Å². The van der Waals surface area contributed by atoms with Crippen molar-refractivity contribution in [3.05, 3.63) is 29.3 Å². The summed E-state index contributed by atoms with van der Waals surface area (Å²) in [6, 6.07) is 8.16. The van der Waals surface area contributed by atoms with Crippen molar-refractivity contribution in [2.24, 2.45) is 0 Å². The van der Waals surface area contributed by atoms with Gasteiger partial charge in [0, 0.05) is 39.0 Å². The Kier molecular flexibility index (Phi) is 5.05. The molecule has 0 bridgehead atoms. The number of fused-ring (bicyclic) bond motifs is 1. The van der Waals surface area contributed by atoms with E-state index in [4.69, 9.17) is 0 Å². The third kappa shape index (κ3) is 3.65. The van der Waals surface area contributed by atoms with Crippen molar-refractivity contribution in [2.75, 3.05) is 32.7 Å². The predicted octanol–water partition coefficient (Wildman–Crippen LogP) is 2.78. The van der Waals surface area contributed by atoms with Crippen LogP contribution in [0.15, 0.2) is 24.3 Å². The molecule has 0 atom stereocenters. The van der Waals surface area contributed by atoms with Crippen LogP contribution >= 0.6 is 11.3 Å². The molecule has 0 N–H and O–H groups in total. The lowest BCUT2D eigenvalue weighted by Crippen LogP contribution is -2.48. The number of nitrogens with zero attached hydrogens (tertiary/aromatic N) is 3. The SMILES string of the molecule is CCCN1CCN(C(=O)CCc2nc3ccccc3s2)CC1. The van der Waals surface area contributed by atoms with Crippen LogP contribution in [-0.4, -0.2) is 53.4 Å². The zero-order valence-corrected chi connectivity index (χ0v) is 13.9. The number of hydrogen-bond donors (Lipinski definition) is 0. The molecule has 0 saturated carbocycles. The Morgan fingerprint density at radius 3 is 2.73 bits per heavy atom. The number of para-hydroxylation sites is 1. The number of piperazine rings is 1. The maximum absolute atomic E-state index is 12.3. The standard InChI is InChI=1S/C17H23N3OS/c1-2-9-19-10-12-20(13-11-19)17(21)8-7-16-18-14-5-3-4-6-15(14)22-16/h3-6H,2,7-13H2,1H3. The van der Waals surface area contributed by atoms with Gasteiger partial charge in [0.25, 0.3) is 0 Å². The number of benzene rings is 1. The molecule has 2 heterocycles. The Balaban J connectivity index is 1.50. The van der Waals surface area contributed by atoms with E-state index in [-0.39, 0.29) is 5.91 Å². The van der Waals surface area contributed by atoms with Crippen LogP contribution in [-0.2, 0) is 11.2 Å². The molecule has 5 heteroatoms. The van der Waals surface area contributed by atoms with E-state index in [9.17, 15) is 4.79 Å². The van der Waals surface area contributed by atoms with Crippen molar-refractivity contribution in [3.8, 4) is 0 Å². The first-order valence-electron chi connectivity index (χ1n) is 8.11. The van der Waals surface area contributed by atoms with Crippen molar-refractivity contribution in [1.29, 1.82) is 0 Å². The summed E-state index contributed by atoms with van der Waals surface area (Å²) in [5, 5.41) is 1.07. The molecule has 3 rings (SSSR count). The van der Waals surface area contributed by atoms with Crippen molar-refractivity contribution < 1.29 is 4.79 Å². The number of hydrogen-bond acceptors (Lipinski definition) is 4. The fraction of sp³-hybridized carbons (Fsp3) is 0.529. The monoisotopic (exact) mass is 317 g/mol. The second kappa shape index (κ2) is 7.20. The van der Waals surface area contributed by atoms with Crippen molar-refractivity contribution in [2.45, 2.75) is 26.2 Å². The summed E-state index contributed by atoms with van der Waals surface area (Å²) in [5.74, 6) is 0.274. The van der Waals surface area contributed by atoms with Crippen LogP contribution in [0.5, 0.6) is 0 Å². The largest absolute Gasteiger partial charge is 0.340 e. The third-order valence-corrected chi connectivity index (χ3v) is 5.25. The van der Waals surface area contributed by atoms with Gasteiger partial charge in [-0.15, -0.1) is 11.3 Å². The van der Waals surface area contributed by atoms with Crippen molar-refractivity contribution in [3.63, 3.8) is 0 Å². The van der Waals surface area contributed by atoms with Gasteiger partial charge in [-0.05, 0) is 25.1 Å². The first-order chi connectivity index (χ1) is 10.8. The summed E-state index contributed by atoms with van der Waals surface area (Å²) in [7, 11) is 0. The van der Waals surface area contributed by atoms with E-state index in [0.717, 1.165) is 49.7 Å². The van der Waals surface area contributed by atoms with E-state index >= 15 is 0 Å². The average Bonchev–Trinajstić information content (AvgIpc) is 2.96. The second-order valence-electron chi connectivity index (χ2n) is 5.80. The first kappa shape index (κ1) is 15.4. The van der Waals surface area contributed by atoms with E-state index in [1.54, 1.807) is 11.3 Å². The molecule has 0 aliphatic carbocycles. The maximum atomic E-state index is 12.3. The Hall–Kier alpha value is -1.46. The summed E-state index contributed by atoms with van der Waals surface area (Å²) >= 11 is 1.70. The number of carbonyl (C=O) groups is 1. The lowest BCUT2D eigenvalue weighted by Gasteiger charge is -2.34. The molecule has 1 fully saturated rings. The number of aromatic nitrogens is 1. The number of amides is 1. The molecule has 2 aromatic rings. The lowest BCUT2D eigenvalue weighted by atomic mass is 10.2. The summed E-state index contributed by atoms with van der Waals surface area (Å²) < 4.78 is 1.21. The molecule has 0 unspecified atom stereocenters. The predicted molar refractivity (Wildman–Crippen MR) is 91.3 cm³/mol. The van der Waals surface area contributed by atoms with Crippen molar-refractivity contribution in [1.82, 2.24) is 14.8 Å². The van der Waals surface area contributed by atoms with E-state index in [1.807, 2.05) is 23.1 Å². The molecule has 1 aliphatic rings. The minimum Gasteiger partial charge on any atom is -0.340 e. The van der Waals surface area contributed by atoms with Crippen molar-refractivity contribution >= 4 is 27.5 Å². The molecule has 1 aromatic heterocycles. The second-order valence-corrected chi connectivity index (χ2v) is 6.91. The zero-order valence-electron chi connectivity index (χ0n) is 13.1. The molecule has 0 spiro atoms. The highest BCUT2D eigenvalue weighted by Crippen LogP contribution is 2.22. The van der Waals surface area contributed by atoms with Gasteiger partial charge in [-0.2, -0.15) is 0 Å². The molecule has 22 heavy (non-hydrogen) atoms. The maximum Gasteiger partial charge on any atom is 0.223 e. The molecule has 118 valence electrons. The van der Waals surface area contributed by atoms with Crippen LogP contribution in [0.1, 0.15) is 24.8 Å². The molecular formula is C17H23N3OS. The summed E-state index contributed by atoms with van der Waals surface area (Å²) in [6.45, 7) is 7.13. The van der Waals surface area contributed by atoms with Gasteiger partial charge in [0.1, 0.15) is 0 Å². The number of carbonyl (C=O) groups excluding carboxylic acids is 1. The minimum atomic E-state index is 0.274. The fourth-order valence-electron chi connectivity index (χ4n) is 2.94. The Morgan fingerprint density at radius 2 is 2.00 bits per heavy atom. The summed E-state index contributed by atoms with van der Waals surface area (Å²) in [6.07, 6.45) is 2.52. The highest BCUT2D eigenvalue weighted by Gasteiger charge is 2.20. The molecular weight excluding hydrogens is 294 g/mol. The summed E-state index contributed by atoms with van der Waals surface area (Å²) in [5.41, 5.74) is 1.04. The Labute approximate surface area is 135 Å². The van der Waals surface area contributed by atoms with E-state index in [2.05, 4.69) is 22.9 Å². The van der Waals surface area contributed by atoms with Crippen LogP contribution in [0, 0.1) is 0 Å². The summed E-state index contributed by atoms with van der Waals surface area (Å²) in [4.78, 5) is 21.4. The molecule has 1 amide bonds. The van der Waals surface area contributed by atoms with Crippen LogP contribution < -0.4 is 0 Å². The van der Waals surface area contributed by atoms with Gasteiger partial charge in [-0.3, -0.25) is 9.69 Å². The van der Waals surface area contributed by atoms with Crippen LogP contribution in [0.25, 0.3) is 10.2 Å². The van der Waals surface area contributed by atoms with Gasteiger partial charge < -0.3 is 4.90 Å². The molecule has 1 aromatic carbocycles. The zero-order chi connectivity index (χ0) is 15.4. The number of thiazole rings is 1. The van der Waals surface area contributed by atoms with Gasteiger partial charge in [-0.25, -0.2) is 4.98 Å². The number of aryl methyl sites for hydroxylation is 1. The molecule has 1 saturated heterocycles. The highest BCUT2D eigenvalue weighted by atomic mass is 32.1. The quantitative estimate of drug-likeness (QED) is 0.851. The molecule has 1 aliphatic heterocycles. The van der Waals surface area contributed by atoms with Gasteiger partial charge in [0.2, 0.25) is 5.91 Å². The van der Waals surface area contributed by atoms with Gasteiger partial charge >= 0.3 is 0 Å². The average molecular weight is 317 g/mol. The normalized spacial score (nSPS) is 16.3. The fourth-order valence-corrected chi connectivity index (χ4v) is 3.90. The van der Waals surface area contributed by atoms with E-state index < -0.39 is 0 Å². The first-order valence-corrected chi connectivity index (χ1v) is 8.92. The Bertz CT molecular complexity index is 599. The highest BCUT2D eigenvalue weighted by molar-refractivity contribution is 7.18. The van der Waals surface area contributed by atoms with Gasteiger partial charge in [0.15, 0.2) is 0 Å². The van der Waals surface area contributed by atoms with Crippen LogP contribution in [0.3, 0.4) is 0 Å². The third-order valence-electron chi connectivity index (χ3n) is 4.16. The Morgan fingerprint density at radius 1 is 1.23 bits per heavy atom. The van der Waals surface area contributed by atoms with Gasteiger partial charge in [-0.1, -0.05) is 19.1 Å². The lowest BCUT2D eigenvalue weighted by molar-refractivity contribution is -0.132. The molecule has 0 radical (unpaired) electrons. The minimum absolute atomic E-state index is 0.274. The molecule has 4 nitrogen and oxygen atoms in total. The van der Waals surface area contributed by atoms with Crippen LogP contribution in [0.2, 0.25) is 0 Å². The van der Waals surface area contributed by atoms with Crippen LogP contribution in [0.4, 0.5) is 0 Å². The van der Waals surface area contributed by atoms with E-state index in [1.165, 1.54) is 11.1 Å². The van der Waals surface area contributed by atoms with E-state index in [0.29, 0.717) is 6.42 Å². The number of rotatable bonds is 5.